The van der Waals surface area contributed by atoms with Crippen molar-refractivity contribution in [2.75, 3.05) is 6.54 Å². The first-order valence-corrected chi connectivity index (χ1v) is 11.9. The van der Waals surface area contributed by atoms with Gasteiger partial charge in [-0.05, 0) is 43.2 Å². The molecule has 0 spiro atoms. The Bertz CT molecular complexity index is 1550. The van der Waals surface area contributed by atoms with Crippen molar-refractivity contribution in [3.05, 3.63) is 101 Å². The smallest absolute Gasteiger partial charge is 0.407 e. The largest absolute Gasteiger partial charge is 0.485 e. The van der Waals surface area contributed by atoms with Crippen LogP contribution in [0.3, 0.4) is 0 Å². The predicted molar refractivity (Wildman–Crippen MR) is 137 cm³/mol. The van der Waals surface area contributed by atoms with E-state index in [1.807, 2.05) is 12.1 Å². The molecule has 2 heterocycles. The average Bonchev–Trinajstić information content (AvgIpc) is 3.23. The van der Waals surface area contributed by atoms with Crippen molar-refractivity contribution < 1.29 is 28.2 Å². The van der Waals surface area contributed by atoms with Crippen LogP contribution in [-0.4, -0.2) is 44.0 Å². The van der Waals surface area contributed by atoms with Crippen LogP contribution in [0.15, 0.2) is 60.8 Å². The van der Waals surface area contributed by atoms with Crippen molar-refractivity contribution in [2.24, 2.45) is 0 Å². The van der Waals surface area contributed by atoms with Gasteiger partial charge in [0.1, 0.15) is 30.0 Å². The number of benzene rings is 2. The van der Waals surface area contributed by atoms with E-state index in [1.165, 1.54) is 10.5 Å². The number of aryl methyl sites for hydroxylation is 2. The molecule has 0 fully saturated rings. The highest BCUT2D eigenvalue weighted by molar-refractivity contribution is 5.95. The third-order valence-electron chi connectivity index (χ3n) is 6.00. The number of carbonyl (C=O) groups is 2. The molecule has 1 unspecified atom stereocenters. The van der Waals surface area contributed by atoms with Gasteiger partial charge >= 0.3 is 6.09 Å². The lowest BCUT2D eigenvalue weighted by Gasteiger charge is -2.22. The molecule has 0 radical (unpaired) electrons. The number of amides is 2. The standard InChI is InChI=1S/C28H25F2N5O4/c1-17-11-24(39-16-21-22(29)9-6-10-23(21)30)26-32-18(2)25(35(26)13-17)27(36)33-20(12-31)15-34(28(37)38)14-19-7-4-3-5-8-19/h3-11,13,20H,14-16H2,1-2H3,(H,33,36)(H,37,38). The van der Waals surface area contributed by atoms with Gasteiger partial charge in [0.2, 0.25) is 0 Å². The Morgan fingerprint density at radius 3 is 2.49 bits per heavy atom. The number of nitrogens with one attached hydrogen (secondary N) is 1. The second kappa shape index (κ2) is 11.6. The number of ether oxygens (including phenoxy) is 1. The van der Waals surface area contributed by atoms with Crippen LogP contribution in [0.4, 0.5) is 13.6 Å². The molecular weight excluding hydrogens is 508 g/mol. The summed E-state index contributed by atoms with van der Waals surface area (Å²) in [5.74, 6) is -1.93. The zero-order valence-electron chi connectivity index (χ0n) is 21.2. The topological polar surface area (TPSA) is 120 Å². The lowest BCUT2D eigenvalue weighted by Crippen LogP contribution is -2.44. The minimum atomic E-state index is -1.23. The van der Waals surface area contributed by atoms with Crippen LogP contribution in [0.5, 0.6) is 5.75 Å². The molecule has 0 bridgehead atoms. The van der Waals surface area contributed by atoms with Crippen LogP contribution < -0.4 is 10.1 Å². The zero-order chi connectivity index (χ0) is 28.1. The van der Waals surface area contributed by atoms with Gasteiger partial charge in [-0.2, -0.15) is 5.26 Å². The molecule has 0 aliphatic rings. The molecule has 0 aliphatic carbocycles. The van der Waals surface area contributed by atoms with E-state index in [1.54, 1.807) is 50.4 Å². The number of imidazole rings is 1. The van der Waals surface area contributed by atoms with Crippen LogP contribution in [0, 0.1) is 36.8 Å². The van der Waals surface area contributed by atoms with E-state index in [-0.39, 0.29) is 35.7 Å². The van der Waals surface area contributed by atoms with Crippen molar-refractivity contribution >= 4 is 17.6 Å². The van der Waals surface area contributed by atoms with E-state index in [0.29, 0.717) is 11.3 Å². The highest BCUT2D eigenvalue weighted by Gasteiger charge is 2.25. The van der Waals surface area contributed by atoms with Crippen LogP contribution in [0.25, 0.3) is 5.65 Å². The van der Waals surface area contributed by atoms with Crippen LogP contribution in [0.2, 0.25) is 0 Å². The summed E-state index contributed by atoms with van der Waals surface area (Å²) < 4.78 is 35.3. The fourth-order valence-corrected chi connectivity index (χ4v) is 4.14. The van der Waals surface area contributed by atoms with Gasteiger partial charge in [-0.15, -0.1) is 0 Å². The van der Waals surface area contributed by atoms with Crippen molar-refractivity contribution in [1.82, 2.24) is 19.6 Å². The molecule has 1 atom stereocenters. The molecule has 4 rings (SSSR count). The zero-order valence-corrected chi connectivity index (χ0v) is 21.2. The number of carbonyl (C=O) groups excluding carboxylic acids is 1. The number of hydrogen-bond acceptors (Lipinski definition) is 5. The van der Waals surface area contributed by atoms with Crippen LogP contribution in [-0.2, 0) is 13.2 Å². The molecule has 2 N–H and O–H groups in total. The summed E-state index contributed by atoms with van der Waals surface area (Å²) >= 11 is 0. The molecule has 2 aromatic heterocycles. The number of carboxylic acid groups (broad SMARTS) is 1. The molecule has 4 aromatic rings. The minimum Gasteiger partial charge on any atom is -0.485 e. The Morgan fingerprint density at radius 2 is 1.85 bits per heavy atom. The Hall–Kier alpha value is -4.98. The van der Waals surface area contributed by atoms with E-state index in [0.717, 1.165) is 22.6 Å². The molecule has 0 saturated heterocycles. The Morgan fingerprint density at radius 1 is 1.15 bits per heavy atom. The summed E-state index contributed by atoms with van der Waals surface area (Å²) in [7, 11) is 0. The van der Waals surface area contributed by atoms with E-state index in [2.05, 4.69) is 10.3 Å². The SMILES string of the molecule is Cc1cc(OCc2c(F)cccc2F)c2nc(C)c(C(=O)NC(C#N)CN(Cc3ccccc3)C(=O)O)n2c1. The summed E-state index contributed by atoms with van der Waals surface area (Å²) in [6.07, 6.45) is 0.407. The normalized spacial score (nSPS) is 11.6. The van der Waals surface area contributed by atoms with E-state index < -0.39 is 36.3 Å². The van der Waals surface area contributed by atoms with Crippen LogP contribution in [0.1, 0.15) is 32.9 Å². The van der Waals surface area contributed by atoms with Crippen molar-refractivity contribution in [3.63, 3.8) is 0 Å². The maximum absolute atomic E-state index is 14.1. The van der Waals surface area contributed by atoms with Gasteiger partial charge in [0.15, 0.2) is 11.4 Å². The van der Waals surface area contributed by atoms with Crippen molar-refractivity contribution in [3.8, 4) is 11.8 Å². The summed E-state index contributed by atoms with van der Waals surface area (Å²) in [5.41, 5.74) is 1.84. The molecule has 9 nitrogen and oxygen atoms in total. The van der Waals surface area contributed by atoms with E-state index >= 15 is 0 Å². The maximum Gasteiger partial charge on any atom is 0.407 e. The number of rotatable bonds is 9. The van der Waals surface area contributed by atoms with Gasteiger partial charge in [0.25, 0.3) is 5.91 Å². The van der Waals surface area contributed by atoms with Crippen molar-refractivity contribution in [2.45, 2.75) is 33.0 Å². The quantitative estimate of drug-likeness (QED) is 0.324. The monoisotopic (exact) mass is 533 g/mol. The minimum absolute atomic E-state index is 0.0430. The molecular formula is C28H25F2N5O4. The number of halogens is 2. The molecule has 0 saturated carbocycles. The predicted octanol–water partition coefficient (Wildman–Crippen LogP) is 4.61. The van der Waals surface area contributed by atoms with Crippen molar-refractivity contribution in [1.29, 1.82) is 5.26 Å². The first kappa shape index (κ1) is 27.1. The third kappa shape index (κ3) is 6.13. The molecule has 0 aliphatic heterocycles. The first-order valence-electron chi connectivity index (χ1n) is 11.9. The average molecular weight is 534 g/mol. The second-order valence-electron chi connectivity index (χ2n) is 8.91. The number of fused-ring (bicyclic) bond motifs is 1. The summed E-state index contributed by atoms with van der Waals surface area (Å²) in [5, 5.41) is 21.9. The highest BCUT2D eigenvalue weighted by atomic mass is 19.1. The third-order valence-corrected chi connectivity index (χ3v) is 6.00. The van der Waals surface area contributed by atoms with Crippen LogP contribution >= 0.6 is 0 Å². The fraction of sp³-hybridized carbons (Fsp3) is 0.214. The van der Waals surface area contributed by atoms with Gasteiger partial charge in [0, 0.05) is 12.7 Å². The lowest BCUT2D eigenvalue weighted by molar-refractivity contribution is 0.0922. The molecule has 39 heavy (non-hydrogen) atoms. The van der Waals surface area contributed by atoms with E-state index in [4.69, 9.17) is 4.74 Å². The van der Waals surface area contributed by atoms with Gasteiger partial charge in [-0.3, -0.25) is 9.20 Å². The van der Waals surface area contributed by atoms with Gasteiger partial charge in [-0.25, -0.2) is 18.6 Å². The summed E-state index contributed by atoms with van der Waals surface area (Å²) in [4.78, 5) is 30.5. The Labute approximate surface area is 222 Å². The van der Waals surface area contributed by atoms with Gasteiger partial charge < -0.3 is 20.1 Å². The number of hydrogen-bond donors (Lipinski definition) is 2. The molecule has 2 amide bonds. The Kier molecular flexibility index (Phi) is 8.05. The summed E-state index contributed by atoms with van der Waals surface area (Å²) in [6.45, 7) is 2.73. The molecule has 200 valence electrons. The molecule has 11 heteroatoms. The van der Waals surface area contributed by atoms with Gasteiger partial charge in [0.05, 0.1) is 23.9 Å². The number of nitriles is 1. The Balaban J connectivity index is 1.56. The fourth-order valence-electron chi connectivity index (χ4n) is 4.14. The number of aromatic nitrogens is 2. The van der Waals surface area contributed by atoms with E-state index in [9.17, 15) is 28.7 Å². The lowest BCUT2D eigenvalue weighted by atomic mass is 10.2. The highest BCUT2D eigenvalue weighted by Crippen LogP contribution is 2.26. The number of nitrogens with zero attached hydrogens (tertiary/aromatic N) is 4. The van der Waals surface area contributed by atoms with Gasteiger partial charge in [-0.1, -0.05) is 36.4 Å². The number of pyridine rings is 1. The second-order valence-corrected chi connectivity index (χ2v) is 8.91. The maximum atomic E-state index is 14.1. The summed E-state index contributed by atoms with van der Waals surface area (Å²) in [6, 6.07) is 14.8. The first-order chi connectivity index (χ1) is 18.7. The molecule has 2 aromatic carbocycles.